The second kappa shape index (κ2) is 6.97. The zero-order valence-corrected chi connectivity index (χ0v) is 13.5. The maximum absolute atomic E-state index is 13.0. The Labute approximate surface area is 136 Å². The summed E-state index contributed by atoms with van der Waals surface area (Å²) in [5.74, 6) is -0.0133. The lowest BCUT2D eigenvalue weighted by Gasteiger charge is -2.47. The Morgan fingerprint density at radius 2 is 1.83 bits per heavy atom. The van der Waals surface area contributed by atoms with Crippen molar-refractivity contribution in [2.45, 2.75) is 32.2 Å². The highest BCUT2D eigenvalue weighted by atomic mass is 19.1. The van der Waals surface area contributed by atoms with Crippen molar-refractivity contribution in [1.29, 1.82) is 0 Å². The summed E-state index contributed by atoms with van der Waals surface area (Å²) in [6.07, 6.45) is 3.75. The molecule has 0 bridgehead atoms. The van der Waals surface area contributed by atoms with E-state index in [2.05, 4.69) is 4.90 Å². The summed E-state index contributed by atoms with van der Waals surface area (Å²) in [7, 11) is 0. The number of hydrogen-bond acceptors (Lipinski definition) is 3. The number of nitrogens with zero attached hydrogens (tertiary/aromatic N) is 2. The molecule has 5 heteroatoms. The minimum Gasteiger partial charge on any atom is -0.395 e. The van der Waals surface area contributed by atoms with Crippen LogP contribution in [0.3, 0.4) is 0 Å². The normalized spacial score (nSPS) is 21.8. The van der Waals surface area contributed by atoms with Gasteiger partial charge in [-0.25, -0.2) is 4.39 Å². The topological polar surface area (TPSA) is 43.8 Å². The zero-order valence-electron chi connectivity index (χ0n) is 13.5. The quantitative estimate of drug-likeness (QED) is 0.923. The van der Waals surface area contributed by atoms with Gasteiger partial charge in [-0.3, -0.25) is 9.69 Å². The van der Waals surface area contributed by atoms with Gasteiger partial charge in [-0.1, -0.05) is 12.1 Å². The predicted octanol–water partition coefficient (Wildman–Crippen LogP) is 2.02. The molecule has 0 radical (unpaired) electrons. The standard InChI is InChI=1S/C18H25FN2O2/c19-16-3-1-15(2-4-16)13-20-9-7-18(8-10-20)6-5-17(23)21(14-18)11-12-22/h1-4,22H,5-14H2. The van der Waals surface area contributed by atoms with E-state index in [-0.39, 0.29) is 23.7 Å². The van der Waals surface area contributed by atoms with Gasteiger partial charge in [0.15, 0.2) is 0 Å². The molecule has 2 fully saturated rings. The van der Waals surface area contributed by atoms with E-state index in [0.717, 1.165) is 51.0 Å². The van der Waals surface area contributed by atoms with E-state index in [1.165, 1.54) is 12.1 Å². The number of carbonyl (C=O) groups is 1. The number of carbonyl (C=O) groups excluding carboxylic acids is 1. The lowest BCUT2D eigenvalue weighted by Crippen LogP contribution is -2.51. The highest BCUT2D eigenvalue weighted by molar-refractivity contribution is 5.77. The Hall–Kier alpha value is -1.46. The molecule has 1 aromatic carbocycles. The number of rotatable bonds is 4. The van der Waals surface area contributed by atoms with E-state index < -0.39 is 0 Å². The molecule has 2 heterocycles. The van der Waals surface area contributed by atoms with Gasteiger partial charge in [0, 0.05) is 26.1 Å². The number of aliphatic hydroxyl groups is 1. The van der Waals surface area contributed by atoms with Gasteiger partial charge in [-0.2, -0.15) is 0 Å². The van der Waals surface area contributed by atoms with Crippen LogP contribution in [-0.4, -0.2) is 53.6 Å². The van der Waals surface area contributed by atoms with Crippen LogP contribution < -0.4 is 0 Å². The lowest BCUT2D eigenvalue weighted by atomic mass is 9.72. The molecule has 2 saturated heterocycles. The molecule has 1 spiro atoms. The average molecular weight is 320 g/mol. The Bertz CT molecular complexity index is 538. The number of piperidine rings is 2. The van der Waals surface area contributed by atoms with E-state index in [0.29, 0.717) is 13.0 Å². The zero-order chi connectivity index (χ0) is 16.3. The number of hydrogen-bond donors (Lipinski definition) is 1. The number of likely N-dealkylation sites (tertiary alicyclic amines) is 2. The highest BCUT2D eigenvalue weighted by Gasteiger charge is 2.40. The number of amides is 1. The molecule has 4 nitrogen and oxygen atoms in total. The molecule has 126 valence electrons. The first-order valence-electron chi connectivity index (χ1n) is 8.46. The van der Waals surface area contributed by atoms with Crippen LogP contribution in [0.2, 0.25) is 0 Å². The van der Waals surface area contributed by atoms with Gasteiger partial charge in [-0.05, 0) is 55.5 Å². The van der Waals surface area contributed by atoms with Crippen molar-refractivity contribution < 1.29 is 14.3 Å². The SMILES string of the molecule is O=C1CCC2(CCN(Cc3ccc(F)cc3)CC2)CN1CCO. The Morgan fingerprint density at radius 3 is 2.48 bits per heavy atom. The Balaban J connectivity index is 1.55. The summed E-state index contributed by atoms with van der Waals surface area (Å²) in [4.78, 5) is 16.2. The van der Waals surface area contributed by atoms with Gasteiger partial charge in [0.25, 0.3) is 0 Å². The van der Waals surface area contributed by atoms with Crippen LogP contribution in [0.5, 0.6) is 0 Å². The van der Waals surface area contributed by atoms with Crippen molar-refractivity contribution in [2.75, 3.05) is 32.8 Å². The first kappa shape index (κ1) is 16.4. The van der Waals surface area contributed by atoms with Crippen LogP contribution >= 0.6 is 0 Å². The number of benzene rings is 1. The van der Waals surface area contributed by atoms with E-state index in [4.69, 9.17) is 5.11 Å². The third kappa shape index (κ3) is 3.90. The molecule has 2 aliphatic rings. The van der Waals surface area contributed by atoms with Crippen molar-refractivity contribution in [2.24, 2.45) is 5.41 Å². The fraction of sp³-hybridized carbons (Fsp3) is 0.611. The Morgan fingerprint density at radius 1 is 1.13 bits per heavy atom. The third-order valence-electron chi connectivity index (χ3n) is 5.35. The van der Waals surface area contributed by atoms with E-state index in [9.17, 15) is 9.18 Å². The van der Waals surface area contributed by atoms with Gasteiger partial charge in [0.1, 0.15) is 5.82 Å². The smallest absolute Gasteiger partial charge is 0.222 e. The maximum Gasteiger partial charge on any atom is 0.222 e. The first-order valence-corrected chi connectivity index (χ1v) is 8.46. The minimum atomic E-state index is -0.192. The summed E-state index contributed by atoms with van der Waals surface area (Å²) in [5, 5.41) is 9.12. The van der Waals surface area contributed by atoms with Crippen LogP contribution in [0.25, 0.3) is 0 Å². The third-order valence-corrected chi connectivity index (χ3v) is 5.35. The van der Waals surface area contributed by atoms with Crippen molar-refractivity contribution in [3.63, 3.8) is 0 Å². The monoisotopic (exact) mass is 320 g/mol. The van der Waals surface area contributed by atoms with E-state index in [1.54, 1.807) is 0 Å². The molecule has 2 aliphatic heterocycles. The van der Waals surface area contributed by atoms with Gasteiger partial charge in [-0.15, -0.1) is 0 Å². The van der Waals surface area contributed by atoms with Crippen molar-refractivity contribution in [3.8, 4) is 0 Å². The predicted molar refractivity (Wildman–Crippen MR) is 86.2 cm³/mol. The van der Waals surface area contributed by atoms with Crippen molar-refractivity contribution >= 4 is 5.91 Å². The summed E-state index contributed by atoms with van der Waals surface area (Å²) in [6, 6.07) is 6.73. The average Bonchev–Trinajstić information content (AvgIpc) is 2.56. The number of aliphatic hydroxyl groups excluding tert-OH is 1. The number of β-amino-alcohol motifs (C(OH)–C–C–N with tert-alkyl or cyclic N) is 1. The van der Waals surface area contributed by atoms with Crippen molar-refractivity contribution in [3.05, 3.63) is 35.6 Å². The van der Waals surface area contributed by atoms with Gasteiger partial charge >= 0.3 is 0 Å². The molecule has 1 N–H and O–H groups in total. The summed E-state index contributed by atoms with van der Waals surface area (Å²) in [6.45, 7) is 4.17. The molecule has 0 saturated carbocycles. The highest BCUT2D eigenvalue weighted by Crippen LogP contribution is 2.40. The second-order valence-electron chi connectivity index (χ2n) is 6.94. The van der Waals surface area contributed by atoms with Crippen LogP contribution in [0.4, 0.5) is 4.39 Å². The summed E-state index contributed by atoms with van der Waals surface area (Å²) >= 11 is 0. The minimum absolute atomic E-state index is 0.0402. The van der Waals surface area contributed by atoms with E-state index in [1.807, 2.05) is 17.0 Å². The van der Waals surface area contributed by atoms with Crippen LogP contribution in [0.15, 0.2) is 24.3 Å². The molecular weight excluding hydrogens is 295 g/mol. The summed E-state index contributed by atoms with van der Waals surface area (Å²) in [5.41, 5.74) is 1.37. The first-order chi connectivity index (χ1) is 11.1. The molecule has 3 rings (SSSR count). The van der Waals surface area contributed by atoms with E-state index >= 15 is 0 Å². The van der Waals surface area contributed by atoms with Gasteiger partial charge < -0.3 is 10.0 Å². The molecule has 1 aromatic rings. The fourth-order valence-corrected chi connectivity index (χ4v) is 3.87. The largest absolute Gasteiger partial charge is 0.395 e. The van der Waals surface area contributed by atoms with Crippen LogP contribution in [0, 0.1) is 11.2 Å². The molecule has 0 aliphatic carbocycles. The Kier molecular flexibility index (Phi) is 4.97. The van der Waals surface area contributed by atoms with Crippen molar-refractivity contribution in [1.82, 2.24) is 9.80 Å². The van der Waals surface area contributed by atoms with Crippen LogP contribution in [0.1, 0.15) is 31.2 Å². The molecule has 1 amide bonds. The molecule has 0 atom stereocenters. The number of halogens is 1. The van der Waals surface area contributed by atoms with Crippen LogP contribution in [-0.2, 0) is 11.3 Å². The molecule has 23 heavy (non-hydrogen) atoms. The van der Waals surface area contributed by atoms with Gasteiger partial charge in [0.2, 0.25) is 5.91 Å². The maximum atomic E-state index is 13.0. The molecule has 0 unspecified atom stereocenters. The van der Waals surface area contributed by atoms with Gasteiger partial charge in [0.05, 0.1) is 6.61 Å². The fourth-order valence-electron chi connectivity index (χ4n) is 3.87. The summed E-state index contributed by atoms with van der Waals surface area (Å²) < 4.78 is 13.0. The second-order valence-corrected chi connectivity index (χ2v) is 6.94. The molecular formula is C18H25FN2O2. The molecule has 0 aromatic heterocycles. The lowest BCUT2D eigenvalue weighted by molar-refractivity contribution is -0.139.